The Balaban J connectivity index is 1.80. The Morgan fingerprint density at radius 2 is 1.53 bits per heavy atom. The highest BCUT2D eigenvalue weighted by Crippen LogP contribution is 2.29. The van der Waals surface area contributed by atoms with Crippen LogP contribution in [0.4, 0.5) is 17.6 Å². The van der Waals surface area contributed by atoms with Gasteiger partial charge >= 0.3 is 6.18 Å². The van der Waals surface area contributed by atoms with Gasteiger partial charge in [0.05, 0.1) is 11.6 Å². The number of hydrogen-bond acceptors (Lipinski definition) is 2. The van der Waals surface area contributed by atoms with Crippen molar-refractivity contribution in [3.05, 3.63) is 71.0 Å². The summed E-state index contributed by atoms with van der Waals surface area (Å²) in [6.45, 7) is 0. The number of nitrogens with one attached hydrogen (secondary N) is 1. The van der Waals surface area contributed by atoms with Crippen LogP contribution in [-0.4, -0.2) is 17.7 Å². The van der Waals surface area contributed by atoms with E-state index in [2.05, 4.69) is 5.32 Å². The lowest BCUT2D eigenvalue weighted by molar-refractivity contribution is -0.137. The molecular weight excluding hydrogens is 398 g/mol. The number of hydrogen-bond donors (Lipinski definition) is 1. The third-order valence-electron chi connectivity index (χ3n) is 5.46. The first kappa shape index (κ1) is 22.0. The number of ketones is 1. The fraction of sp³-hybridized carbons (Fsp3) is 0.391. The summed E-state index contributed by atoms with van der Waals surface area (Å²) in [5.74, 6) is -1.28. The van der Waals surface area contributed by atoms with E-state index in [1.165, 1.54) is 24.3 Å². The Kier molecular flexibility index (Phi) is 6.90. The number of Topliss-reactive ketones (excluding diaryl/α,β-unsaturated/α-hetero) is 1. The van der Waals surface area contributed by atoms with Crippen molar-refractivity contribution in [2.24, 2.45) is 5.92 Å². The zero-order chi connectivity index (χ0) is 21.7. The molecule has 1 aliphatic rings. The summed E-state index contributed by atoms with van der Waals surface area (Å²) in [6, 6.07) is 8.57. The molecule has 0 aliphatic heterocycles. The molecule has 1 unspecified atom stereocenters. The molecule has 2 aromatic carbocycles. The molecule has 0 heterocycles. The summed E-state index contributed by atoms with van der Waals surface area (Å²) in [7, 11) is 0. The molecule has 30 heavy (non-hydrogen) atoms. The molecule has 1 aliphatic carbocycles. The molecule has 0 saturated heterocycles. The first-order chi connectivity index (χ1) is 14.2. The first-order valence-corrected chi connectivity index (χ1v) is 10.0. The molecule has 0 aromatic heterocycles. The van der Waals surface area contributed by atoms with E-state index in [0.717, 1.165) is 56.4 Å². The molecule has 7 heteroatoms. The molecule has 1 atom stereocenters. The second-order valence-corrected chi connectivity index (χ2v) is 7.67. The van der Waals surface area contributed by atoms with Crippen molar-refractivity contribution in [1.29, 1.82) is 0 Å². The maximum absolute atomic E-state index is 13.2. The lowest BCUT2D eigenvalue weighted by atomic mass is 9.88. The Morgan fingerprint density at radius 3 is 2.10 bits per heavy atom. The lowest BCUT2D eigenvalue weighted by Crippen LogP contribution is -2.45. The van der Waals surface area contributed by atoms with Gasteiger partial charge in [-0.15, -0.1) is 0 Å². The van der Waals surface area contributed by atoms with Crippen molar-refractivity contribution >= 4 is 11.7 Å². The van der Waals surface area contributed by atoms with Crippen LogP contribution in [0.5, 0.6) is 0 Å². The van der Waals surface area contributed by atoms with Crippen molar-refractivity contribution in [2.45, 2.75) is 50.7 Å². The van der Waals surface area contributed by atoms with Crippen LogP contribution in [0, 0.1) is 11.7 Å². The number of rotatable bonds is 6. The molecule has 0 radical (unpaired) electrons. The van der Waals surface area contributed by atoms with Crippen LogP contribution in [0.15, 0.2) is 48.5 Å². The highest BCUT2D eigenvalue weighted by Gasteiger charge is 2.31. The number of amides is 1. The zero-order valence-corrected chi connectivity index (χ0v) is 16.3. The van der Waals surface area contributed by atoms with Crippen molar-refractivity contribution < 1.29 is 27.2 Å². The van der Waals surface area contributed by atoms with Gasteiger partial charge in [0.1, 0.15) is 5.82 Å². The van der Waals surface area contributed by atoms with Gasteiger partial charge in [-0.1, -0.05) is 31.4 Å². The van der Waals surface area contributed by atoms with E-state index < -0.39 is 29.4 Å². The normalized spacial score (nSPS) is 16.1. The minimum absolute atomic E-state index is 0.0484. The van der Waals surface area contributed by atoms with Crippen molar-refractivity contribution in [3.63, 3.8) is 0 Å². The van der Waals surface area contributed by atoms with Crippen LogP contribution in [0.3, 0.4) is 0 Å². The summed E-state index contributed by atoms with van der Waals surface area (Å²) in [4.78, 5) is 25.7. The van der Waals surface area contributed by atoms with Gasteiger partial charge in [-0.3, -0.25) is 9.59 Å². The van der Waals surface area contributed by atoms with Crippen LogP contribution >= 0.6 is 0 Å². The van der Waals surface area contributed by atoms with Gasteiger partial charge in [-0.05, 0) is 54.8 Å². The lowest BCUT2D eigenvalue weighted by Gasteiger charge is -2.24. The number of carbonyl (C=O) groups excluding carboxylic acids is 2. The molecule has 0 bridgehead atoms. The summed E-state index contributed by atoms with van der Waals surface area (Å²) < 4.78 is 51.6. The first-order valence-electron chi connectivity index (χ1n) is 10.0. The SMILES string of the molecule is O=C(NC(Cc1ccc(C(F)(F)F)cc1)C(=O)c1ccc(F)cc1)C1CCCCC1. The van der Waals surface area contributed by atoms with Crippen molar-refractivity contribution in [2.75, 3.05) is 0 Å². The average molecular weight is 421 g/mol. The van der Waals surface area contributed by atoms with Gasteiger partial charge in [0, 0.05) is 17.9 Å². The zero-order valence-electron chi connectivity index (χ0n) is 16.3. The largest absolute Gasteiger partial charge is 0.416 e. The molecule has 0 spiro atoms. The molecule has 1 N–H and O–H groups in total. The maximum atomic E-state index is 13.2. The number of alkyl halides is 3. The predicted molar refractivity (Wildman–Crippen MR) is 104 cm³/mol. The van der Waals surface area contributed by atoms with Gasteiger partial charge in [0.15, 0.2) is 5.78 Å². The van der Waals surface area contributed by atoms with Gasteiger partial charge in [0.2, 0.25) is 5.91 Å². The fourth-order valence-electron chi connectivity index (χ4n) is 3.74. The number of benzene rings is 2. The van der Waals surface area contributed by atoms with Gasteiger partial charge in [-0.2, -0.15) is 13.2 Å². The van der Waals surface area contributed by atoms with Gasteiger partial charge in [0.25, 0.3) is 0 Å². The van der Waals surface area contributed by atoms with Crippen LogP contribution in [0.2, 0.25) is 0 Å². The number of halogens is 4. The molecular formula is C23H23F4NO2. The molecule has 1 saturated carbocycles. The molecule has 3 nitrogen and oxygen atoms in total. The molecule has 1 fully saturated rings. The van der Waals surface area contributed by atoms with Gasteiger partial charge < -0.3 is 5.32 Å². The molecule has 2 aromatic rings. The quantitative estimate of drug-likeness (QED) is 0.506. The topological polar surface area (TPSA) is 46.2 Å². The summed E-state index contributed by atoms with van der Waals surface area (Å²) in [6.07, 6.45) is 0.0887. The fourth-order valence-corrected chi connectivity index (χ4v) is 3.74. The standard InChI is InChI=1S/C23H23F4NO2/c24-19-12-8-16(9-13-19)21(29)20(28-22(30)17-4-2-1-3-5-17)14-15-6-10-18(11-7-15)23(25,26)27/h6-13,17,20H,1-5,14H2,(H,28,30). The molecule has 160 valence electrons. The highest BCUT2D eigenvalue weighted by atomic mass is 19.4. The van der Waals surface area contributed by atoms with Crippen LogP contribution < -0.4 is 5.32 Å². The minimum Gasteiger partial charge on any atom is -0.345 e. The summed E-state index contributed by atoms with van der Waals surface area (Å²) in [5.41, 5.74) is -0.0523. The van der Waals surface area contributed by atoms with E-state index in [1.807, 2.05) is 0 Å². The van der Waals surface area contributed by atoms with E-state index in [1.54, 1.807) is 0 Å². The maximum Gasteiger partial charge on any atom is 0.416 e. The highest BCUT2D eigenvalue weighted by molar-refractivity contribution is 6.02. The second kappa shape index (κ2) is 9.41. The second-order valence-electron chi connectivity index (χ2n) is 7.67. The van der Waals surface area contributed by atoms with Crippen molar-refractivity contribution in [3.8, 4) is 0 Å². The minimum atomic E-state index is -4.45. The Labute approximate surface area is 172 Å². The van der Waals surface area contributed by atoms with E-state index in [9.17, 15) is 27.2 Å². The molecule has 1 amide bonds. The van der Waals surface area contributed by atoms with Crippen LogP contribution in [-0.2, 0) is 17.4 Å². The average Bonchev–Trinajstić information content (AvgIpc) is 2.73. The predicted octanol–water partition coefficient (Wildman–Crippen LogP) is 5.34. The monoisotopic (exact) mass is 421 g/mol. The smallest absolute Gasteiger partial charge is 0.345 e. The summed E-state index contributed by atoms with van der Waals surface area (Å²) in [5, 5.41) is 2.79. The van der Waals surface area contributed by atoms with Crippen LogP contribution in [0.25, 0.3) is 0 Å². The third kappa shape index (κ3) is 5.68. The molecule has 3 rings (SSSR count). The van der Waals surface area contributed by atoms with E-state index >= 15 is 0 Å². The van der Waals surface area contributed by atoms with E-state index in [4.69, 9.17) is 0 Å². The Morgan fingerprint density at radius 1 is 0.933 bits per heavy atom. The summed E-state index contributed by atoms with van der Waals surface area (Å²) >= 11 is 0. The number of carbonyl (C=O) groups is 2. The van der Waals surface area contributed by atoms with Crippen LogP contribution in [0.1, 0.15) is 53.6 Å². The van der Waals surface area contributed by atoms with E-state index in [-0.39, 0.29) is 23.8 Å². The van der Waals surface area contributed by atoms with Crippen molar-refractivity contribution in [1.82, 2.24) is 5.32 Å². The van der Waals surface area contributed by atoms with Gasteiger partial charge in [-0.25, -0.2) is 4.39 Å². The third-order valence-corrected chi connectivity index (χ3v) is 5.46. The Hall–Kier alpha value is -2.70. The Bertz CT molecular complexity index is 870. The van der Waals surface area contributed by atoms with E-state index in [0.29, 0.717) is 5.56 Å².